The molecule has 0 saturated heterocycles. The number of fused-ring (bicyclic) bond motifs is 1. The Morgan fingerprint density at radius 2 is 1.93 bits per heavy atom. The van der Waals surface area contributed by atoms with E-state index in [1.54, 1.807) is 25.2 Å². The normalized spacial score (nSPS) is 15.7. The Balaban J connectivity index is 1.62. The molecule has 1 aliphatic rings. The van der Waals surface area contributed by atoms with Gasteiger partial charge in [-0.2, -0.15) is 0 Å². The molecule has 0 aliphatic carbocycles. The van der Waals surface area contributed by atoms with E-state index in [2.05, 4.69) is 16.0 Å². The molecule has 152 valence electrons. The lowest BCUT2D eigenvalue weighted by molar-refractivity contribution is -0.141. The molecule has 0 saturated carbocycles. The van der Waals surface area contributed by atoms with Gasteiger partial charge in [-0.1, -0.05) is 18.2 Å². The van der Waals surface area contributed by atoms with Crippen LogP contribution in [0.2, 0.25) is 0 Å². The second kappa shape index (κ2) is 9.09. The molecule has 0 spiro atoms. The van der Waals surface area contributed by atoms with Crippen molar-refractivity contribution in [3.63, 3.8) is 0 Å². The van der Waals surface area contributed by atoms with Gasteiger partial charge in [0.15, 0.2) is 0 Å². The van der Waals surface area contributed by atoms with Crippen molar-refractivity contribution in [1.82, 2.24) is 10.2 Å². The number of likely N-dealkylation sites (N-methyl/N-ethyl adjacent to an activating group) is 1. The summed E-state index contributed by atoms with van der Waals surface area (Å²) in [6, 6.07) is 14.0. The summed E-state index contributed by atoms with van der Waals surface area (Å²) in [6.45, 7) is 1.35. The number of nitrogens with zero attached hydrogens (tertiary/aromatic N) is 1. The first kappa shape index (κ1) is 20.2. The van der Waals surface area contributed by atoms with Crippen LogP contribution in [0.25, 0.3) is 0 Å². The van der Waals surface area contributed by atoms with Gasteiger partial charge >= 0.3 is 5.97 Å². The van der Waals surface area contributed by atoms with Crippen LogP contribution in [-0.4, -0.2) is 54.0 Å². The van der Waals surface area contributed by atoms with E-state index >= 15 is 0 Å². The van der Waals surface area contributed by atoms with Crippen LogP contribution in [0.3, 0.4) is 0 Å². The quantitative estimate of drug-likeness (QED) is 0.531. The number of anilines is 2. The van der Waals surface area contributed by atoms with Crippen LogP contribution in [0.4, 0.5) is 11.4 Å². The molecule has 0 bridgehead atoms. The highest BCUT2D eigenvalue weighted by Crippen LogP contribution is 2.24. The Labute approximate surface area is 168 Å². The molecule has 1 unspecified atom stereocenters. The van der Waals surface area contributed by atoms with Crippen LogP contribution in [0, 0.1) is 0 Å². The van der Waals surface area contributed by atoms with E-state index in [9.17, 15) is 14.4 Å². The SMILES string of the molecule is CN1Cc2cc(C(=O)NCCNc3ccccc3)ccc2NC(CC(=O)O)C1=O. The fourth-order valence-corrected chi connectivity index (χ4v) is 3.21. The number of carbonyl (C=O) groups is 3. The van der Waals surface area contributed by atoms with E-state index < -0.39 is 12.0 Å². The molecule has 2 amide bonds. The van der Waals surface area contributed by atoms with Gasteiger partial charge < -0.3 is 26.0 Å². The number of hydrogen-bond donors (Lipinski definition) is 4. The maximum atomic E-state index is 12.5. The van der Waals surface area contributed by atoms with Gasteiger partial charge in [-0.3, -0.25) is 14.4 Å². The predicted molar refractivity (Wildman–Crippen MR) is 110 cm³/mol. The number of aliphatic carboxylic acids is 1. The third-order valence-corrected chi connectivity index (χ3v) is 4.67. The van der Waals surface area contributed by atoms with Crippen LogP contribution >= 0.6 is 0 Å². The minimum Gasteiger partial charge on any atom is -0.481 e. The summed E-state index contributed by atoms with van der Waals surface area (Å²) < 4.78 is 0. The number of carbonyl (C=O) groups excluding carboxylic acids is 2. The highest BCUT2D eigenvalue weighted by atomic mass is 16.4. The lowest BCUT2D eigenvalue weighted by Gasteiger charge is -2.19. The third kappa shape index (κ3) is 5.25. The molecule has 2 aromatic carbocycles. The standard InChI is InChI=1S/C21H24N4O4/c1-25-13-15-11-14(7-8-17(15)24-18(21(25)29)12-19(26)27)20(28)23-10-9-22-16-5-3-2-4-6-16/h2-8,11,18,22,24H,9-10,12-13H2,1H3,(H,23,28)(H,26,27). The van der Waals surface area contributed by atoms with Gasteiger partial charge in [0.1, 0.15) is 6.04 Å². The van der Waals surface area contributed by atoms with Crippen molar-refractivity contribution < 1.29 is 19.5 Å². The summed E-state index contributed by atoms with van der Waals surface area (Å²) in [7, 11) is 1.62. The Hall–Kier alpha value is -3.55. The second-order valence-corrected chi connectivity index (χ2v) is 6.91. The van der Waals surface area contributed by atoms with Crippen molar-refractivity contribution in [1.29, 1.82) is 0 Å². The molecule has 0 fully saturated rings. The summed E-state index contributed by atoms with van der Waals surface area (Å²) in [5, 5.41) is 18.1. The number of hydrogen-bond acceptors (Lipinski definition) is 5. The van der Waals surface area contributed by atoms with E-state index in [0.29, 0.717) is 30.9 Å². The number of amides is 2. The van der Waals surface area contributed by atoms with Gasteiger partial charge in [0, 0.05) is 43.6 Å². The van der Waals surface area contributed by atoms with E-state index in [1.807, 2.05) is 30.3 Å². The van der Waals surface area contributed by atoms with Crippen molar-refractivity contribution in [2.45, 2.75) is 19.0 Å². The monoisotopic (exact) mass is 396 g/mol. The van der Waals surface area contributed by atoms with E-state index in [4.69, 9.17) is 5.11 Å². The summed E-state index contributed by atoms with van der Waals surface area (Å²) in [5.74, 6) is -1.54. The van der Waals surface area contributed by atoms with Crippen LogP contribution in [0.1, 0.15) is 22.3 Å². The lowest BCUT2D eigenvalue weighted by atomic mass is 10.1. The smallest absolute Gasteiger partial charge is 0.305 e. The van der Waals surface area contributed by atoms with Crippen molar-refractivity contribution in [3.8, 4) is 0 Å². The number of benzene rings is 2. The van der Waals surface area contributed by atoms with Crippen LogP contribution in [0.5, 0.6) is 0 Å². The lowest BCUT2D eigenvalue weighted by Crippen LogP contribution is -2.39. The molecule has 3 rings (SSSR count). The maximum absolute atomic E-state index is 12.5. The zero-order valence-electron chi connectivity index (χ0n) is 16.1. The predicted octanol–water partition coefficient (Wildman–Crippen LogP) is 1.76. The minimum absolute atomic E-state index is 0.206. The first-order valence-corrected chi connectivity index (χ1v) is 9.37. The first-order valence-electron chi connectivity index (χ1n) is 9.37. The maximum Gasteiger partial charge on any atom is 0.305 e. The molecule has 29 heavy (non-hydrogen) atoms. The van der Waals surface area contributed by atoms with E-state index in [-0.39, 0.29) is 18.2 Å². The fraction of sp³-hybridized carbons (Fsp3) is 0.286. The molecular formula is C21H24N4O4. The number of carboxylic acid groups (broad SMARTS) is 1. The van der Waals surface area contributed by atoms with Gasteiger partial charge in [-0.25, -0.2) is 0 Å². The molecule has 8 nitrogen and oxygen atoms in total. The number of carboxylic acids is 1. The summed E-state index contributed by atoms with van der Waals surface area (Å²) >= 11 is 0. The Bertz CT molecular complexity index is 901. The average Bonchev–Trinajstić information content (AvgIpc) is 2.82. The van der Waals surface area contributed by atoms with Gasteiger partial charge in [0.2, 0.25) is 5.91 Å². The Kier molecular flexibility index (Phi) is 6.33. The van der Waals surface area contributed by atoms with Crippen LogP contribution in [-0.2, 0) is 16.1 Å². The third-order valence-electron chi connectivity index (χ3n) is 4.67. The van der Waals surface area contributed by atoms with Crippen LogP contribution < -0.4 is 16.0 Å². The zero-order valence-corrected chi connectivity index (χ0v) is 16.1. The summed E-state index contributed by atoms with van der Waals surface area (Å²) in [4.78, 5) is 37.3. The van der Waals surface area contributed by atoms with Crippen molar-refractivity contribution in [3.05, 3.63) is 59.7 Å². The van der Waals surface area contributed by atoms with Crippen molar-refractivity contribution >= 4 is 29.2 Å². The zero-order chi connectivity index (χ0) is 20.8. The topological polar surface area (TPSA) is 111 Å². The fourth-order valence-electron chi connectivity index (χ4n) is 3.21. The summed E-state index contributed by atoms with van der Waals surface area (Å²) in [5.41, 5.74) is 2.91. The highest BCUT2D eigenvalue weighted by Gasteiger charge is 2.29. The molecule has 1 aliphatic heterocycles. The molecule has 4 N–H and O–H groups in total. The van der Waals surface area contributed by atoms with Crippen molar-refractivity contribution in [2.75, 3.05) is 30.8 Å². The number of para-hydroxylation sites is 1. The van der Waals surface area contributed by atoms with Crippen LogP contribution in [0.15, 0.2) is 48.5 Å². The molecule has 1 atom stereocenters. The molecule has 8 heteroatoms. The van der Waals surface area contributed by atoms with Gasteiger partial charge in [0.25, 0.3) is 5.91 Å². The Morgan fingerprint density at radius 3 is 2.66 bits per heavy atom. The van der Waals surface area contributed by atoms with Gasteiger partial charge in [-0.15, -0.1) is 0 Å². The molecule has 1 heterocycles. The van der Waals surface area contributed by atoms with E-state index in [0.717, 1.165) is 11.3 Å². The second-order valence-electron chi connectivity index (χ2n) is 6.91. The number of rotatable bonds is 7. The average molecular weight is 396 g/mol. The molecule has 2 aromatic rings. The number of nitrogens with one attached hydrogen (secondary N) is 3. The molecule has 0 aromatic heterocycles. The van der Waals surface area contributed by atoms with Crippen molar-refractivity contribution in [2.24, 2.45) is 0 Å². The van der Waals surface area contributed by atoms with Gasteiger partial charge in [-0.05, 0) is 35.9 Å². The first-order chi connectivity index (χ1) is 13.9. The van der Waals surface area contributed by atoms with Gasteiger partial charge in [0.05, 0.1) is 6.42 Å². The Morgan fingerprint density at radius 1 is 1.17 bits per heavy atom. The summed E-state index contributed by atoms with van der Waals surface area (Å²) in [6.07, 6.45) is -0.306. The largest absolute Gasteiger partial charge is 0.481 e. The minimum atomic E-state index is -1.05. The van der Waals surface area contributed by atoms with E-state index in [1.165, 1.54) is 4.90 Å². The molecule has 0 radical (unpaired) electrons. The molecular weight excluding hydrogens is 372 g/mol. The highest BCUT2D eigenvalue weighted by molar-refractivity contribution is 5.95.